The summed E-state index contributed by atoms with van der Waals surface area (Å²) in [6.45, 7) is 4.03. The smallest absolute Gasteiger partial charge is 0.221 e. The van der Waals surface area contributed by atoms with E-state index in [-0.39, 0.29) is 5.91 Å². The first-order chi connectivity index (χ1) is 9.06. The van der Waals surface area contributed by atoms with Crippen LogP contribution in [-0.4, -0.2) is 5.91 Å². The molecule has 0 saturated heterocycles. The van der Waals surface area contributed by atoms with E-state index in [1.54, 1.807) is 18.4 Å². The van der Waals surface area contributed by atoms with Crippen molar-refractivity contribution in [3.05, 3.63) is 46.9 Å². The molecule has 2 aromatic rings. The molecule has 0 saturated carbocycles. The van der Waals surface area contributed by atoms with Crippen LogP contribution in [0.5, 0.6) is 0 Å². The van der Waals surface area contributed by atoms with Crippen molar-refractivity contribution in [2.24, 2.45) is 0 Å². The first kappa shape index (κ1) is 13.5. The highest BCUT2D eigenvalue weighted by molar-refractivity contribution is 6.34. The fourth-order valence-corrected chi connectivity index (χ4v) is 1.91. The summed E-state index contributed by atoms with van der Waals surface area (Å²) in [5, 5.41) is 6.38. The van der Waals surface area contributed by atoms with Crippen molar-refractivity contribution in [1.29, 1.82) is 0 Å². The van der Waals surface area contributed by atoms with Crippen molar-refractivity contribution in [1.82, 2.24) is 0 Å². The van der Waals surface area contributed by atoms with Gasteiger partial charge in [0.15, 0.2) is 0 Å². The van der Waals surface area contributed by atoms with Crippen LogP contribution < -0.4 is 10.6 Å². The molecule has 1 aromatic heterocycles. The Hall–Kier alpha value is -1.94. The molecule has 0 aliphatic rings. The molecule has 2 N–H and O–H groups in total. The zero-order chi connectivity index (χ0) is 13.8. The minimum Gasteiger partial charge on any atom is -0.467 e. The quantitative estimate of drug-likeness (QED) is 0.894. The molecule has 19 heavy (non-hydrogen) atoms. The summed E-state index contributed by atoms with van der Waals surface area (Å²) in [5.41, 5.74) is 2.58. The van der Waals surface area contributed by atoms with Crippen LogP contribution in [-0.2, 0) is 11.3 Å². The molecule has 1 heterocycles. The predicted molar refractivity (Wildman–Crippen MR) is 76.5 cm³/mol. The normalized spacial score (nSPS) is 10.3. The molecular weight excluding hydrogens is 264 g/mol. The van der Waals surface area contributed by atoms with E-state index in [2.05, 4.69) is 10.6 Å². The van der Waals surface area contributed by atoms with Crippen molar-refractivity contribution >= 4 is 28.9 Å². The van der Waals surface area contributed by atoms with Crippen LogP contribution in [0.1, 0.15) is 18.2 Å². The molecule has 4 nitrogen and oxygen atoms in total. The van der Waals surface area contributed by atoms with Gasteiger partial charge in [0.25, 0.3) is 0 Å². The van der Waals surface area contributed by atoms with Gasteiger partial charge in [-0.1, -0.05) is 11.6 Å². The van der Waals surface area contributed by atoms with Gasteiger partial charge in [0, 0.05) is 12.6 Å². The van der Waals surface area contributed by atoms with Gasteiger partial charge in [-0.3, -0.25) is 4.79 Å². The molecule has 1 aromatic carbocycles. The molecule has 2 rings (SSSR count). The summed E-state index contributed by atoms with van der Waals surface area (Å²) in [6, 6.07) is 7.31. The Balaban J connectivity index is 2.04. The molecule has 0 spiro atoms. The maximum Gasteiger partial charge on any atom is 0.221 e. The van der Waals surface area contributed by atoms with E-state index in [9.17, 15) is 4.79 Å². The van der Waals surface area contributed by atoms with E-state index in [1.807, 2.05) is 19.1 Å². The van der Waals surface area contributed by atoms with Crippen LogP contribution in [0, 0.1) is 6.92 Å². The fourth-order valence-electron chi connectivity index (χ4n) is 1.68. The van der Waals surface area contributed by atoms with Crippen LogP contribution in [0.4, 0.5) is 11.4 Å². The lowest BCUT2D eigenvalue weighted by Gasteiger charge is -2.09. The van der Waals surface area contributed by atoms with Crippen LogP contribution >= 0.6 is 11.6 Å². The molecule has 1 amide bonds. The second-order valence-electron chi connectivity index (χ2n) is 4.26. The highest BCUT2D eigenvalue weighted by Gasteiger charge is 2.05. The molecule has 0 atom stereocenters. The Morgan fingerprint density at radius 3 is 2.74 bits per heavy atom. The molecule has 5 heteroatoms. The number of benzene rings is 1. The number of halogens is 1. The summed E-state index contributed by atoms with van der Waals surface area (Å²) in [5.74, 6) is 0.746. The SMILES string of the molecule is CC(=O)Nc1ccc(NCc2occc2C)cc1Cl. The number of hydrogen-bond donors (Lipinski definition) is 2. The van der Waals surface area contributed by atoms with Gasteiger partial charge in [0.1, 0.15) is 5.76 Å². The Morgan fingerprint density at radius 2 is 2.16 bits per heavy atom. The van der Waals surface area contributed by atoms with Gasteiger partial charge in [-0.15, -0.1) is 0 Å². The van der Waals surface area contributed by atoms with Crippen LogP contribution in [0.3, 0.4) is 0 Å². The number of amides is 1. The fraction of sp³-hybridized carbons (Fsp3) is 0.214. The minimum atomic E-state index is -0.145. The third-order valence-electron chi connectivity index (χ3n) is 2.70. The Kier molecular flexibility index (Phi) is 4.12. The van der Waals surface area contributed by atoms with E-state index in [0.29, 0.717) is 17.3 Å². The summed E-state index contributed by atoms with van der Waals surface area (Å²) < 4.78 is 5.34. The first-order valence-electron chi connectivity index (χ1n) is 5.90. The summed E-state index contributed by atoms with van der Waals surface area (Å²) in [7, 11) is 0. The Labute approximate surface area is 116 Å². The monoisotopic (exact) mass is 278 g/mol. The van der Waals surface area contributed by atoms with Crippen LogP contribution in [0.2, 0.25) is 5.02 Å². The molecule has 0 fully saturated rings. The minimum absolute atomic E-state index is 0.145. The average Bonchev–Trinajstić information content (AvgIpc) is 2.75. The number of carbonyl (C=O) groups is 1. The second-order valence-corrected chi connectivity index (χ2v) is 4.66. The maximum absolute atomic E-state index is 11.0. The van der Waals surface area contributed by atoms with Gasteiger partial charge < -0.3 is 15.1 Å². The van der Waals surface area contributed by atoms with E-state index in [0.717, 1.165) is 17.0 Å². The van der Waals surface area contributed by atoms with Gasteiger partial charge >= 0.3 is 0 Å². The summed E-state index contributed by atoms with van der Waals surface area (Å²) in [4.78, 5) is 11.0. The van der Waals surface area contributed by atoms with Crippen LogP contribution in [0.15, 0.2) is 34.9 Å². The third-order valence-corrected chi connectivity index (χ3v) is 3.01. The van der Waals surface area contributed by atoms with Crippen LogP contribution in [0.25, 0.3) is 0 Å². The van der Waals surface area contributed by atoms with Gasteiger partial charge in [-0.2, -0.15) is 0 Å². The maximum atomic E-state index is 11.0. The number of nitrogens with one attached hydrogen (secondary N) is 2. The van der Waals surface area contributed by atoms with Crippen molar-refractivity contribution < 1.29 is 9.21 Å². The first-order valence-corrected chi connectivity index (χ1v) is 6.28. The zero-order valence-electron chi connectivity index (χ0n) is 10.8. The lowest BCUT2D eigenvalue weighted by molar-refractivity contribution is -0.114. The number of aryl methyl sites for hydroxylation is 1. The number of hydrogen-bond acceptors (Lipinski definition) is 3. The second kappa shape index (κ2) is 5.80. The lowest BCUT2D eigenvalue weighted by atomic mass is 10.2. The van der Waals surface area contributed by atoms with Crippen molar-refractivity contribution in [2.75, 3.05) is 10.6 Å². The van der Waals surface area contributed by atoms with Gasteiger partial charge in [0.05, 0.1) is 23.5 Å². The highest BCUT2D eigenvalue weighted by Crippen LogP contribution is 2.26. The lowest BCUT2D eigenvalue weighted by Crippen LogP contribution is -2.06. The van der Waals surface area contributed by atoms with Gasteiger partial charge in [-0.05, 0) is 36.8 Å². The zero-order valence-corrected chi connectivity index (χ0v) is 11.5. The highest BCUT2D eigenvalue weighted by atomic mass is 35.5. The van der Waals surface area contributed by atoms with E-state index in [1.165, 1.54) is 6.92 Å². The average molecular weight is 279 g/mol. The number of furan rings is 1. The Morgan fingerprint density at radius 1 is 1.37 bits per heavy atom. The number of carbonyl (C=O) groups excluding carboxylic acids is 1. The largest absolute Gasteiger partial charge is 0.467 e. The predicted octanol–water partition coefficient (Wildman–Crippen LogP) is 3.81. The summed E-state index contributed by atoms with van der Waals surface area (Å²) >= 11 is 6.09. The van der Waals surface area contributed by atoms with Crippen molar-refractivity contribution in [3.63, 3.8) is 0 Å². The van der Waals surface area contributed by atoms with Gasteiger partial charge in [0.2, 0.25) is 5.91 Å². The molecule has 100 valence electrons. The molecule has 0 bridgehead atoms. The number of rotatable bonds is 4. The molecule has 0 aliphatic carbocycles. The van der Waals surface area contributed by atoms with Crippen molar-refractivity contribution in [2.45, 2.75) is 20.4 Å². The standard InChI is InChI=1S/C14H15ClN2O2/c1-9-5-6-19-14(9)8-16-11-3-4-13(12(15)7-11)17-10(2)18/h3-7,16H,8H2,1-2H3,(H,17,18). The Bertz CT molecular complexity index is 593. The van der Waals surface area contributed by atoms with E-state index < -0.39 is 0 Å². The molecular formula is C14H15ClN2O2. The summed E-state index contributed by atoms with van der Waals surface area (Å²) in [6.07, 6.45) is 1.67. The van der Waals surface area contributed by atoms with E-state index in [4.69, 9.17) is 16.0 Å². The molecule has 0 aliphatic heterocycles. The van der Waals surface area contributed by atoms with Crippen molar-refractivity contribution in [3.8, 4) is 0 Å². The van der Waals surface area contributed by atoms with Gasteiger partial charge in [-0.25, -0.2) is 0 Å². The molecule has 0 radical (unpaired) electrons. The molecule has 0 unspecified atom stereocenters. The topological polar surface area (TPSA) is 54.3 Å². The third kappa shape index (κ3) is 3.51. The van der Waals surface area contributed by atoms with E-state index >= 15 is 0 Å². The number of anilines is 2.